The Hall–Kier alpha value is -1.86. The van der Waals surface area contributed by atoms with Crippen LogP contribution in [0.1, 0.15) is 18.4 Å². The van der Waals surface area contributed by atoms with E-state index in [2.05, 4.69) is 28.0 Å². The van der Waals surface area contributed by atoms with Gasteiger partial charge < -0.3 is 15.4 Å². The molecule has 2 saturated heterocycles. The predicted molar refractivity (Wildman–Crippen MR) is 116 cm³/mol. The van der Waals surface area contributed by atoms with Crippen molar-refractivity contribution in [2.24, 2.45) is 11.1 Å². The summed E-state index contributed by atoms with van der Waals surface area (Å²) in [5.74, 6) is 1.04. The number of halogens is 2. The van der Waals surface area contributed by atoms with Gasteiger partial charge in [0.25, 0.3) is 0 Å². The van der Waals surface area contributed by atoms with Gasteiger partial charge in [0.15, 0.2) is 5.65 Å². The lowest BCUT2D eigenvalue weighted by atomic mass is 9.75. The lowest BCUT2D eigenvalue weighted by molar-refractivity contribution is 0.131. The van der Waals surface area contributed by atoms with E-state index in [4.69, 9.17) is 33.7 Å². The molecule has 0 bridgehead atoms. The first kappa shape index (κ1) is 19.1. The van der Waals surface area contributed by atoms with E-state index in [1.807, 2.05) is 16.6 Å². The quantitative estimate of drug-likeness (QED) is 0.664. The number of fused-ring (bicyclic) bond motifs is 1. The van der Waals surface area contributed by atoms with E-state index >= 15 is 0 Å². The van der Waals surface area contributed by atoms with E-state index in [0.29, 0.717) is 16.7 Å². The summed E-state index contributed by atoms with van der Waals surface area (Å²) in [5.41, 5.74) is 10.2. The molecule has 0 saturated carbocycles. The molecule has 2 N–H and O–H groups in total. The van der Waals surface area contributed by atoms with Gasteiger partial charge in [-0.05, 0) is 37.5 Å². The van der Waals surface area contributed by atoms with Gasteiger partial charge in [-0.1, -0.05) is 35.3 Å². The number of pyridine rings is 1. The van der Waals surface area contributed by atoms with Gasteiger partial charge in [-0.15, -0.1) is 0 Å². The highest BCUT2D eigenvalue weighted by atomic mass is 35.5. The van der Waals surface area contributed by atoms with Crippen LogP contribution in [-0.2, 0) is 4.74 Å². The zero-order valence-electron chi connectivity index (χ0n) is 16.2. The Balaban J connectivity index is 1.54. The Bertz CT molecular complexity index is 1070. The van der Waals surface area contributed by atoms with Crippen molar-refractivity contribution in [3.63, 3.8) is 0 Å². The molecule has 2 aromatic heterocycles. The van der Waals surface area contributed by atoms with Gasteiger partial charge in [0, 0.05) is 35.7 Å². The van der Waals surface area contributed by atoms with Crippen molar-refractivity contribution in [1.29, 1.82) is 0 Å². The first-order valence-electron chi connectivity index (χ1n) is 9.86. The Kier molecular flexibility index (Phi) is 4.70. The Morgan fingerprint density at radius 2 is 2.03 bits per heavy atom. The standard InChI is InChI=1S/C21H23Cl2N5O/c1-13-9-17(27-7-5-21(6-8-27)11-29-10-16(21)24)28-20(25-12-26-28)18(13)14-3-2-4-15(22)19(14)23/h2-4,9,12,16H,5-8,10-11,24H2,1H3. The van der Waals surface area contributed by atoms with Crippen molar-refractivity contribution in [3.05, 3.63) is 46.2 Å². The second-order valence-electron chi connectivity index (χ2n) is 8.13. The summed E-state index contributed by atoms with van der Waals surface area (Å²) in [7, 11) is 0. The molecule has 1 aromatic carbocycles. The molecule has 0 aliphatic carbocycles. The van der Waals surface area contributed by atoms with Crippen LogP contribution in [0.4, 0.5) is 5.82 Å². The lowest BCUT2D eigenvalue weighted by Crippen LogP contribution is -2.49. The molecule has 5 rings (SSSR count). The second kappa shape index (κ2) is 7.13. The molecule has 152 valence electrons. The largest absolute Gasteiger partial charge is 0.379 e. The first-order valence-corrected chi connectivity index (χ1v) is 10.6. The number of benzene rings is 1. The fourth-order valence-corrected chi connectivity index (χ4v) is 5.10. The molecule has 29 heavy (non-hydrogen) atoms. The van der Waals surface area contributed by atoms with Crippen LogP contribution in [0, 0.1) is 12.3 Å². The summed E-state index contributed by atoms with van der Waals surface area (Å²) >= 11 is 12.8. The van der Waals surface area contributed by atoms with Crippen LogP contribution in [0.5, 0.6) is 0 Å². The fourth-order valence-electron chi connectivity index (χ4n) is 4.71. The molecule has 2 aliphatic heterocycles. The second-order valence-corrected chi connectivity index (χ2v) is 8.91. The average Bonchev–Trinajstić information content (AvgIpc) is 3.33. The topological polar surface area (TPSA) is 68.7 Å². The number of piperidine rings is 1. The smallest absolute Gasteiger partial charge is 0.165 e. The van der Waals surface area contributed by atoms with Crippen LogP contribution in [0.15, 0.2) is 30.6 Å². The Morgan fingerprint density at radius 1 is 1.24 bits per heavy atom. The molecular formula is C21H23Cl2N5O. The number of ether oxygens (including phenoxy) is 1. The molecule has 4 heterocycles. The zero-order valence-corrected chi connectivity index (χ0v) is 17.7. The van der Waals surface area contributed by atoms with E-state index < -0.39 is 0 Å². The molecule has 2 fully saturated rings. The Labute approximate surface area is 179 Å². The van der Waals surface area contributed by atoms with Crippen molar-refractivity contribution in [1.82, 2.24) is 14.6 Å². The normalized spacial score (nSPS) is 21.4. The molecule has 3 aromatic rings. The van der Waals surface area contributed by atoms with Crippen LogP contribution < -0.4 is 10.6 Å². The van der Waals surface area contributed by atoms with Crippen molar-refractivity contribution < 1.29 is 4.74 Å². The highest BCUT2D eigenvalue weighted by molar-refractivity contribution is 6.43. The van der Waals surface area contributed by atoms with Crippen LogP contribution in [0.25, 0.3) is 16.8 Å². The van der Waals surface area contributed by atoms with Crippen LogP contribution >= 0.6 is 23.2 Å². The van der Waals surface area contributed by atoms with Crippen LogP contribution in [0.2, 0.25) is 10.0 Å². The molecule has 1 spiro atoms. The van der Waals surface area contributed by atoms with Crippen molar-refractivity contribution in [3.8, 4) is 11.1 Å². The van der Waals surface area contributed by atoms with Crippen LogP contribution in [0.3, 0.4) is 0 Å². The van der Waals surface area contributed by atoms with E-state index in [-0.39, 0.29) is 11.5 Å². The van der Waals surface area contributed by atoms with Crippen molar-refractivity contribution >= 4 is 34.7 Å². The minimum atomic E-state index is 0.112. The van der Waals surface area contributed by atoms with E-state index in [1.165, 1.54) is 0 Å². The highest BCUT2D eigenvalue weighted by Crippen LogP contribution is 2.41. The number of hydrogen-bond donors (Lipinski definition) is 1. The summed E-state index contributed by atoms with van der Waals surface area (Å²) in [5, 5.41) is 5.58. The van der Waals surface area contributed by atoms with E-state index in [0.717, 1.165) is 60.7 Å². The number of nitrogens with zero attached hydrogens (tertiary/aromatic N) is 4. The molecule has 0 radical (unpaired) electrons. The highest BCUT2D eigenvalue weighted by Gasteiger charge is 2.44. The summed E-state index contributed by atoms with van der Waals surface area (Å²) in [6.07, 6.45) is 3.63. The van der Waals surface area contributed by atoms with Crippen LogP contribution in [-0.4, -0.2) is 46.9 Å². The maximum Gasteiger partial charge on any atom is 0.165 e. The van der Waals surface area contributed by atoms with E-state index in [1.54, 1.807) is 12.4 Å². The fraction of sp³-hybridized carbons (Fsp3) is 0.429. The molecular weight excluding hydrogens is 409 g/mol. The maximum absolute atomic E-state index is 6.52. The SMILES string of the molecule is Cc1cc(N2CCC3(CC2)COCC3N)n2ncnc2c1-c1cccc(Cl)c1Cl. The number of nitrogens with two attached hydrogens (primary N) is 1. The molecule has 6 nitrogen and oxygen atoms in total. The minimum absolute atomic E-state index is 0.112. The molecule has 1 atom stereocenters. The van der Waals surface area contributed by atoms with E-state index in [9.17, 15) is 0 Å². The number of aryl methyl sites for hydroxylation is 1. The third-order valence-electron chi connectivity index (χ3n) is 6.51. The average molecular weight is 432 g/mol. The zero-order chi connectivity index (χ0) is 20.2. The molecule has 2 aliphatic rings. The summed E-state index contributed by atoms with van der Waals surface area (Å²) in [6, 6.07) is 7.96. The number of hydrogen-bond acceptors (Lipinski definition) is 5. The van der Waals surface area contributed by atoms with Gasteiger partial charge >= 0.3 is 0 Å². The predicted octanol–water partition coefficient (Wildman–Crippen LogP) is 3.96. The summed E-state index contributed by atoms with van der Waals surface area (Å²) in [6.45, 7) is 5.36. The first-order chi connectivity index (χ1) is 14.0. The van der Waals surface area contributed by atoms with Gasteiger partial charge in [0.05, 0.1) is 23.3 Å². The number of rotatable bonds is 2. The monoisotopic (exact) mass is 431 g/mol. The minimum Gasteiger partial charge on any atom is -0.379 e. The van der Waals surface area contributed by atoms with Gasteiger partial charge in [0.2, 0.25) is 0 Å². The third-order valence-corrected chi connectivity index (χ3v) is 7.32. The van der Waals surface area contributed by atoms with Gasteiger partial charge in [-0.3, -0.25) is 0 Å². The molecule has 8 heteroatoms. The lowest BCUT2D eigenvalue weighted by Gasteiger charge is -2.41. The summed E-state index contributed by atoms with van der Waals surface area (Å²) in [4.78, 5) is 6.92. The van der Waals surface area contributed by atoms with Gasteiger partial charge in [-0.2, -0.15) is 9.61 Å². The molecule has 0 amide bonds. The van der Waals surface area contributed by atoms with Gasteiger partial charge in [-0.25, -0.2) is 4.98 Å². The van der Waals surface area contributed by atoms with Crippen molar-refractivity contribution in [2.45, 2.75) is 25.8 Å². The number of anilines is 1. The Morgan fingerprint density at radius 3 is 2.76 bits per heavy atom. The number of aromatic nitrogens is 3. The summed E-state index contributed by atoms with van der Waals surface area (Å²) < 4.78 is 7.56. The van der Waals surface area contributed by atoms with Crippen molar-refractivity contribution in [2.75, 3.05) is 31.2 Å². The maximum atomic E-state index is 6.52. The van der Waals surface area contributed by atoms with Gasteiger partial charge in [0.1, 0.15) is 12.1 Å². The third kappa shape index (κ3) is 3.01. The molecule has 1 unspecified atom stereocenters.